The molecule has 0 unspecified atom stereocenters. The molecule has 0 saturated heterocycles. The number of thiazole rings is 1. The summed E-state index contributed by atoms with van der Waals surface area (Å²) in [6, 6.07) is 17.8. The van der Waals surface area contributed by atoms with Crippen molar-refractivity contribution in [3.63, 3.8) is 0 Å². The van der Waals surface area contributed by atoms with Crippen molar-refractivity contribution in [2.75, 3.05) is 5.32 Å². The monoisotopic (exact) mass is 334 g/mol. The number of benzene rings is 2. The Labute approximate surface area is 142 Å². The summed E-state index contributed by atoms with van der Waals surface area (Å²) < 4.78 is 1.86. The van der Waals surface area contributed by atoms with Gasteiger partial charge in [-0.15, -0.1) is 11.3 Å². The minimum Gasteiger partial charge on any atom is -0.296 e. The smallest absolute Gasteiger partial charge is 0.278 e. The van der Waals surface area contributed by atoms with E-state index in [0.717, 1.165) is 16.5 Å². The van der Waals surface area contributed by atoms with E-state index >= 15 is 0 Å². The van der Waals surface area contributed by atoms with Crippen molar-refractivity contribution in [3.05, 3.63) is 77.4 Å². The van der Waals surface area contributed by atoms with Crippen molar-refractivity contribution in [1.29, 1.82) is 0 Å². The van der Waals surface area contributed by atoms with E-state index < -0.39 is 0 Å². The number of aromatic nitrogens is 3. The molecule has 2 aromatic heterocycles. The second-order valence-electron chi connectivity index (χ2n) is 5.30. The molecule has 5 nitrogen and oxygen atoms in total. The van der Waals surface area contributed by atoms with Gasteiger partial charge >= 0.3 is 0 Å². The maximum atomic E-state index is 12.6. The molecule has 0 atom stereocenters. The second-order valence-corrected chi connectivity index (χ2v) is 6.19. The van der Waals surface area contributed by atoms with Crippen LogP contribution in [0, 0.1) is 0 Å². The zero-order chi connectivity index (χ0) is 16.4. The Morgan fingerprint density at radius 1 is 1.08 bits per heavy atom. The van der Waals surface area contributed by atoms with Gasteiger partial charge in [-0.3, -0.25) is 14.8 Å². The van der Waals surface area contributed by atoms with Crippen LogP contribution in [0.3, 0.4) is 0 Å². The Hall–Kier alpha value is -2.99. The largest absolute Gasteiger partial charge is 0.296 e. The lowest BCUT2D eigenvalue weighted by molar-refractivity contribution is 0.102. The van der Waals surface area contributed by atoms with Crippen LogP contribution in [-0.2, 0) is 6.54 Å². The number of anilines is 1. The molecule has 118 valence electrons. The van der Waals surface area contributed by atoms with Crippen LogP contribution in [0.5, 0.6) is 0 Å². The van der Waals surface area contributed by atoms with E-state index in [1.54, 1.807) is 6.20 Å². The van der Waals surface area contributed by atoms with Crippen molar-refractivity contribution in [3.8, 4) is 0 Å². The summed E-state index contributed by atoms with van der Waals surface area (Å²) in [5.41, 5.74) is 2.49. The fourth-order valence-corrected chi connectivity index (χ4v) is 3.14. The van der Waals surface area contributed by atoms with E-state index in [1.807, 2.05) is 64.7 Å². The number of amides is 1. The summed E-state index contributed by atoms with van der Waals surface area (Å²) in [7, 11) is 0. The molecule has 24 heavy (non-hydrogen) atoms. The Morgan fingerprint density at radius 3 is 2.67 bits per heavy atom. The van der Waals surface area contributed by atoms with Crippen molar-refractivity contribution in [2.45, 2.75) is 6.54 Å². The molecule has 0 spiro atoms. The van der Waals surface area contributed by atoms with Crippen molar-refractivity contribution in [2.24, 2.45) is 0 Å². The van der Waals surface area contributed by atoms with E-state index in [1.165, 1.54) is 11.3 Å². The fourth-order valence-electron chi connectivity index (χ4n) is 2.61. The van der Waals surface area contributed by atoms with E-state index in [4.69, 9.17) is 0 Å². The minimum atomic E-state index is -0.243. The van der Waals surface area contributed by atoms with Gasteiger partial charge in [-0.2, -0.15) is 5.10 Å². The molecule has 6 heteroatoms. The number of carbonyl (C=O) groups is 1. The number of rotatable bonds is 4. The third kappa shape index (κ3) is 2.79. The van der Waals surface area contributed by atoms with Gasteiger partial charge in [0, 0.05) is 17.0 Å². The summed E-state index contributed by atoms with van der Waals surface area (Å²) in [5.74, 6) is -0.243. The average molecular weight is 334 g/mol. The highest BCUT2D eigenvalue weighted by Gasteiger charge is 2.17. The average Bonchev–Trinajstić information content (AvgIpc) is 3.24. The zero-order valence-electron chi connectivity index (χ0n) is 12.7. The first kappa shape index (κ1) is 14.6. The van der Waals surface area contributed by atoms with Gasteiger partial charge in [0.2, 0.25) is 0 Å². The summed E-state index contributed by atoms with van der Waals surface area (Å²) in [6.07, 6.45) is 1.66. The molecule has 0 aliphatic carbocycles. The fraction of sp³-hybridized carbons (Fsp3) is 0.0556. The predicted octanol–water partition coefficient (Wildman–Crippen LogP) is 3.79. The number of carbonyl (C=O) groups excluding carboxylic acids is 1. The number of hydrogen-bond donors (Lipinski definition) is 1. The Bertz CT molecular complexity index is 977. The minimum absolute atomic E-state index is 0.243. The molecule has 0 saturated carbocycles. The molecule has 2 aromatic carbocycles. The quantitative estimate of drug-likeness (QED) is 0.617. The molecule has 2 heterocycles. The highest BCUT2D eigenvalue weighted by molar-refractivity contribution is 7.13. The van der Waals surface area contributed by atoms with Gasteiger partial charge in [0.05, 0.1) is 12.1 Å². The molecular formula is C18H14N4OS. The van der Waals surface area contributed by atoms with Crippen LogP contribution in [-0.4, -0.2) is 20.7 Å². The molecule has 0 aliphatic heterocycles. The van der Waals surface area contributed by atoms with Crippen LogP contribution in [0.15, 0.2) is 66.2 Å². The van der Waals surface area contributed by atoms with E-state index in [-0.39, 0.29) is 5.91 Å². The molecule has 1 N–H and O–H groups in total. The Balaban J connectivity index is 1.72. The highest BCUT2D eigenvalue weighted by atomic mass is 32.1. The number of nitrogens with zero attached hydrogens (tertiary/aromatic N) is 3. The lowest BCUT2D eigenvalue weighted by Gasteiger charge is -2.03. The van der Waals surface area contributed by atoms with Gasteiger partial charge in [-0.05, 0) is 11.6 Å². The number of para-hydroxylation sites is 1. The van der Waals surface area contributed by atoms with Crippen molar-refractivity contribution >= 4 is 33.3 Å². The first-order chi connectivity index (χ1) is 11.8. The summed E-state index contributed by atoms with van der Waals surface area (Å²) in [4.78, 5) is 16.7. The van der Waals surface area contributed by atoms with Gasteiger partial charge in [0.1, 0.15) is 0 Å². The third-order valence-corrected chi connectivity index (χ3v) is 4.39. The molecule has 4 aromatic rings. The second kappa shape index (κ2) is 6.25. The molecule has 1 amide bonds. The molecular weight excluding hydrogens is 320 g/mol. The number of hydrogen-bond acceptors (Lipinski definition) is 4. The van der Waals surface area contributed by atoms with Gasteiger partial charge in [0.15, 0.2) is 10.8 Å². The Morgan fingerprint density at radius 2 is 1.88 bits per heavy atom. The first-order valence-electron chi connectivity index (χ1n) is 7.51. The Kier molecular flexibility index (Phi) is 3.80. The molecule has 0 fully saturated rings. The molecule has 4 rings (SSSR count). The molecule has 0 radical (unpaired) electrons. The lowest BCUT2D eigenvalue weighted by Crippen LogP contribution is -2.13. The van der Waals surface area contributed by atoms with E-state index in [2.05, 4.69) is 15.4 Å². The third-order valence-electron chi connectivity index (χ3n) is 3.70. The zero-order valence-corrected chi connectivity index (χ0v) is 13.5. The first-order valence-corrected chi connectivity index (χ1v) is 8.39. The summed E-state index contributed by atoms with van der Waals surface area (Å²) in [6.45, 7) is 0.617. The SMILES string of the molecule is O=C(Nc1nccs1)c1nn(Cc2ccccc2)c2ccccc12. The van der Waals surface area contributed by atoms with Crippen molar-refractivity contribution in [1.82, 2.24) is 14.8 Å². The molecule has 0 bridgehead atoms. The van der Waals surface area contributed by atoms with Crippen molar-refractivity contribution < 1.29 is 4.79 Å². The van der Waals surface area contributed by atoms with Gasteiger partial charge in [-0.25, -0.2) is 4.98 Å². The molecule has 0 aliphatic rings. The topological polar surface area (TPSA) is 59.8 Å². The van der Waals surface area contributed by atoms with Gasteiger partial charge in [-0.1, -0.05) is 48.5 Å². The van der Waals surface area contributed by atoms with Gasteiger partial charge < -0.3 is 0 Å². The number of fused-ring (bicyclic) bond motifs is 1. The maximum Gasteiger partial charge on any atom is 0.278 e. The van der Waals surface area contributed by atoms with Crippen LogP contribution in [0.25, 0.3) is 10.9 Å². The van der Waals surface area contributed by atoms with Gasteiger partial charge in [0.25, 0.3) is 5.91 Å². The maximum absolute atomic E-state index is 12.6. The highest BCUT2D eigenvalue weighted by Crippen LogP contribution is 2.21. The van der Waals surface area contributed by atoms with E-state index in [9.17, 15) is 4.79 Å². The van der Waals surface area contributed by atoms with E-state index in [0.29, 0.717) is 17.4 Å². The standard InChI is InChI=1S/C18H14N4OS/c23-17(20-18-19-10-11-24-18)16-14-8-4-5-9-15(14)22(21-16)12-13-6-2-1-3-7-13/h1-11H,12H2,(H,19,20,23). The number of nitrogens with one attached hydrogen (secondary N) is 1. The predicted molar refractivity (Wildman–Crippen MR) is 95.3 cm³/mol. The summed E-state index contributed by atoms with van der Waals surface area (Å²) in [5, 5.41) is 10.6. The normalized spacial score (nSPS) is 10.8. The summed E-state index contributed by atoms with van der Waals surface area (Å²) >= 11 is 1.38. The van der Waals surface area contributed by atoms with Crippen LogP contribution < -0.4 is 5.32 Å². The van der Waals surface area contributed by atoms with Crippen LogP contribution in [0.4, 0.5) is 5.13 Å². The van der Waals surface area contributed by atoms with Crippen LogP contribution in [0.1, 0.15) is 16.1 Å². The lowest BCUT2D eigenvalue weighted by atomic mass is 10.2. The van der Waals surface area contributed by atoms with Crippen LogP contribution >= 0.6 is 11.3 Å². The van der Waals surface area contributed by atoms with Crippen LogP contribution in [0.2, 0.25) is 0 Å².